The summed E-state index contributed by atoms with van der Waals surface area (Å²) in [6.45, 7) is 0.409. The van der Waals surface area contributed by atoms with Gasteiger partial charge in [0, 0.05) is 25.5 Å². The quantitative estimate of drug-likeness (QED) is 0.540. The molecular weight excluding hydrogens is 378 g/mol. The number of fused-ring (bicyclic) bond motifs is 1. The molecule has 0 unspecified atom stereocenters. The van der Waals surface area contributed by atoms with Gasteiger partial charge in [0.1, 0.15) is 5.75 Å². The van der Waals surface area contributed by atoms with E-state index in [2.05, 4.69) is 15.0 Å². The molecule has 0 atom stereocenters. The van der Waals surface area contributed by atoms with Gasteiger partial charge < -0.3 is 14.7 Å². The van der Waals surface area contributed by atoms with Crippen LogP contribution in [0.4, 0.5) is 14.5 Å². The molecule has 2 heterocycles. The lowest BCUT2D eigenvalue weighted by molar-refractivity contribution is 0.412. The van der Waals surface area contributed by atoms with Crippen LogP contribution in [0.15, 0.2) is 60.9 Å². The fourth-order valence-corrected chi connectivity index (χ4v) is 2.87. The molecule has 6 nitrogen and oxygen atoms in total. The second kappa shape index (κ2) is 7.67. The Morgan fingerprint density at radius 1 is 1.00 bits per heavy atom. The summed E-state index contributed by atoms with van der Waals surface area (Å²) in [5.41, 5.74) is 1.98. The molecule has 146 valence electrons. The Balaban J connectivity index is 1.48. The van der Waals surface area contributed by atoms with E-state index < -0.39 is 11.6 Å². The molecule has 29 heavy (non-hydrogen) atoms. The zero-order valence-corrected chi connectivity index (χ0v) is 15.4. The van der Waals surface area contributed by atoms with Gasteiger partial charge in [0.2, 0.25) is 5.88 Å². The number of rotatable bonds is 5. The minimum atomic E-state index is -0.867. The van der Waals surface area contributed by atoms with E-state index in [9.17, 15) is 13.9 Å². The van der Waals surface area contributed by atoms with E-state index in [4.69, 9.17) is 4.74 Å². The highest BCUT2D eigenvalue weighted by molar-refractivity contribution is 5.82. The van der Waals surface area contributed by atoms with Gasteiger partial charge in [-0.25, -0.2) is 8.78 Å². The summed E-state index contributed by atoms with van der Waals surface area (Å²) in [7, 11) is 1.84. The van der Waals surface area contributed by atoms with E-state index in [-0.39, 0.29) is 11.9 Å². The normalized spacial score (nSPS) is 10.9. The maximum Gasteiger partial charge on any atom is 0.325 e. The summed E-state index contributed by atoms with van der Waals surface area (Å²) in [5, 5.41) is 10.5. The van der Waals surface area contributed by atoms with Crippen molar-refractivity contribution >= 4 is 16.6 Å². The monoisotopic (exact) mass is 394 g/mol. The number of nitrogens with zero attached hydrogens (tertiary/aromatic N) is 4. The summed E-state index contributed by atoms with van der Waals surface area (Å²) in [5.74, 6) is -1.43. The first-order valence-electron chi connectivity index (χ1n) is 8.73. The van der Waals surface area contributed by atoms with Gasteiger partial charge in [0.05, 0.1) is 17.1 Å². The van der Waals surface area contributed by atoms with Crippen molar-refractivity contribution < 1.29 is 18.6 Å². The van der Waals surface area contributed by atoms with Crippen LogP contribution < -0.4 is 9.64 Å². The van der Waals surface area contributed by atoms with Crippen LogP contribution in [0.5, 0.6) is 17.6 Å². The Hall–Kier alpha value is -3.81. The molecule has 0 spiro atoms. The van der Waals surface area contributed by atoms with E-state index in [0.29, 0.717) is 28.8 Å². The molecule has 2 aromatic heterocycles. The fraction of sp³-hybridized carbons (Fsp3) is 0.0952. The van der Waals surface area contributed by atoms with E-state index in [0.717, 1.165) is 11.8 Å². The maximum absolute atomic E-state index is 13.4. The number of anilines is 1. The van der Waals surface area contributed by atoms with Gasteiger partial charge in [-0.05, 0) is 48.0 Å². The first kappa shape index (κ1) is 18.5. The van der Waals surface area contributed by atoms with Crippen LogP contribution in [0, 0.1) is 11.6 Å². The minimum Gasteiger partial charge on any atom is -0.493 e. The molecule has 0 radical (unpaired) electrons. The average molecular weight is 394 g/mol. The zero-order chi connectivity index (χ0) is 20.4. The molecular formula is C21H16F2N4O2. The Labute approximate surface area is 165 Å². The SMILES string of the molecule is CN(Cc1ccc(F)c(F)c1)c1ccc(Oc2nc(O)c3ccncc3n2)cc1. The van der Waals surface area contributed by atoms with Crippen LogP contribution in [0.1, 0.15) is 5.56 Å². The number of hydrogen-bond acceptors (Lipinski definition) is 6. The number of halogens is 2. The largest absolute Gasteiger partial charge is 0.493 e. The number of pyridine rings is 1. The topological polar surface area (TPSA) is 71.4 Å². The third kappa shape index (κ3) is 4.06. The molecule has 2 aromatic carbocycles. The van der Waals surface area contributed by atoms with Gasteiger partial charge >= 0.3 is 6.01 Å². The van der Waals surface area contributed by atoms with Crippen LogP contribution in [0.25, 0.3) is 10.9 Å². The van der Waals surface area contributed by atoms with Crippen molar-refractivity contribution in [3.05, 3.63) is 78.1 Å². The number of benzene rings is 2. The van der Waals surface area contributed by atoms with Crippen molar-refractivity contribution in [3.8, 4) is 17.6 Å². The summed E-state index contributed by atoms with van der Waals surface area (Å²) in [6, 6.07) is 12.6. The van der Waals surface area contributed by atoms with Crippen molar-refractivity contribution in [1.29, 1.82) is 0 Å². The summed E-state index contributed by atoms with van der Waals surface area (Å²) in [6.07, 6.45) is 3.06. The number of aromatic hydroxyl groups is 1. The van der Waals surface area contributed by atoms with Gasteiger partial charge in [-0.2, -0.15) is 9.97 Å². The third-order valence-corrected chi connectivity index (χ3v) is 4.35. The number of ether oxygens (including phenoxy) is 1. The first-order chi connectivity index (χ1) is 14.0. The van der Waals surface area contributed by atoms with E-state index in [1.54, 1.807) is 30.5 Å². The predicted molar refractivity (Wildman–Crippen MR) is 104 cm³/mol. The second-order valence-electron chi connectivity index (χ2n) is 6.42. The third-order valence-electron chi connectivity index (χ3n) is 4.35. The highest BCUT2D eigenvalue weighted by atomic mass is 19.2. The molecule has 0 saturated carbocycles. The van der Waals surface area contributed by atoms with E-state index in [1.165, 1.54) is 12.3 Å². The Morgan fingerprint density at radius 3 is 2.55 bits per heavy atom. The van der Waals surface area contributed by atoms with Crippen LogP contribution in [0.2, 0.25) is 0 Å². The lowest BCUT2D eigenvalue weighted by Gasteiger charge is -2.19. The first-order valence-corrected chi connectivity index (χ1v) is 8.73. The van der Waals surface area contributed by atoms with Crippen molar-refractivity contribution in [2.45, 2.75) is 6.54 Å². The standard InChI is InChI=1S/C21H16F2N4O2/c1-27(12-13-2-7-17(22)18(23)10-13)14-3-5-15(6-4-14)29-21-25-19-11-24-9-8-16(19)20(28)26-21/h2-11H,12H2,1H3,(H,25,26,28). The second-order valence-corrected chi connectivity index (χ2v) is 6.42. The van der Waals surface area contributed by atoms with Gasteiger partial charge in [-0.1, -0.05) is 6.07 Å². The molecule has 8 heteroatoms. The van der Waals surface area contributed by atoms with Gasteiger partial charge in [-0.3, -0.25) is 4.98 Å². The predicted octanol–water partition coefficient (Wildman–Crippen LogP) is 4.44. The highest BCUT2D eigenvalue weighted by Gasteiger charge is 2.10. The Kier molecular flexibility index (Phi) is 4.90. The molecule has 0 amide bonds. The zero-order valence-electron chi connectivity index (χ0n) is 15.4. The lowest BCUT2D eigenvalue weighted by Crippen LogP contribution is -2.16. The van der Waals surface area contributed by atoms with Gasteiger partial charge in [0.25, 0.3) is 0 Å². The summed E-state index contributed by atoms with van der Waals surface area (Å²) in [4.78, 5) is 14.0. The number of hydrogen-bond donors (Lipinski definition) is 1. The van der Waals surface area contributed by atoms with E-state index >= 15 is 0 Å². The fourth-order valence-electron chi connectivity index (χ4n) is 2.87. The average Bonchev–Trinajstić information content (AvgIpc) is 2.71. The van der Waals surface area contributed by atoms with Crippen LogP contribution in [-0.2, 0) is 6.54 Å². The maximum atomic E-state index is 13.4. The molecule has 0 fully saturated rings. The molecule has 0 bridgehead atoms. The van der Waals surface area contributed by atoms with E-state index in [1.807, 2.05) is 24.1 Å². The molecule has 4 aromatic rings. The molecule has 0 aliphatic rings. The van der Waals surface area contributed by atoms with Crippen molar-refractivity contribution in [2.75, 3.05) is 11.9 Å². The molecule has 1 N–H and O–H groups in total. The highest BCUT2D eigenvalue weighted by Crippen LogP contribution is 2.27. The van der Waals surface area contributed by atoms with Crippen molar-refractivity contribution in [2.24, 2.45) is 0 Å². The molecule has 4 rings (SSSR count). The van der Waals surface area contributed by atoms with Crippen LogP contribution >= 0.6 is 0 Å². The summed E-state index contributed by atoms with van der Waals surface area (Å²) >= 11 is 0. The molecule has 0 saturated heterocycles. The van der Waals surface area contributed by atoms with Gasteiger partial charge in [0.15, 0.2) is 11.6 Å². The Bertz CT molecular complexity index is 1170. The number of aromatic nitrogens is 3. The molecule has 0 aliphatic carbocycles. The van der Waals surface area contributed by atoms with Crippen LogP contribution in [0.3, 0.4) is 0 Å². The van der Waals surface area contributed by atoms with Crippen molar-refractivity contribution in [3.63, 3.8) is 0 Å². The smallest absolute Gasteiger partial charge is 0.325 e. The lowest BCUT2D eigenvalue weighted by atomic mass is 10.2. The van der Waals surface area contributed by atoms with Gasteiger partial charge in [-0.15, -0.1) is 0 Å². The Morgan fingerprint density at radius 2 is 1.79 bits per heavy atom. The summed E-state index contributed by atoms with van der Waals surface area (Å²) < 4.78 is 32.1. The van der Waals surface area contributed by atoms with Crippen molar-refractivity contribution in [1.82, 2.24) is 15.0 Å². The molecule has 0 aliphatic heterocycles. The van der Waals surface area contributed by atoms with Crippen LogP contribution in [-0.4, -0.2) is 27.1 Å². The minimum absolute atomic E-state index is 0.00546.